The van der Waals surface area contributed by atoms with Gasteiger partial charge in [0.25, 0.3) is 11.6 Å². The Balaban J connectivity index is 1.79. The number of nitrogens with one attached hydrogen (secondary N) is 2. The molecule has 2 aromatic rings. The van der Waals surface area contributed by atoms with E-state index < -0.39 is 16.7 Å². The fourth-order valence-electron chi connectivity index (χ4n) is 2.14. The number of aryl methyl sites for hydroxylation is 2. The Hall–Kier alpha value is -3.42. The van der Waals surface area contributed by atoms with Gasteiger partial charge in [-0.2, -0.15) is 0 Å². The number of ether oxygens (including phenoxy) is 1. The minimum atomic E-state index is -0.641. The van der Waals surface area contributed by atoms with Crippen LogP contribution < -0.4 is 15.6 Å². The third-order valence-electron chi connectivity index (χ3n) is 3.56. The summed E-state index contributed by atoms with van der Waals surface area (Å²) in [4.78, 5) is 33.8. The van der Waals surface area contributed by atoms with Crippen molar-refractivity contribution in [1.82, 2.24) is 10.9 Å². The number of benzene rings is 2. The maximum atomic E-state index is 11.9. The summed E-state index contributed by atoms with van der Waals surface area (Å²) in [5.74, 6) is -0.370. The molecule has 0 spiro atoms. The summed E-state index contributed by atoms with van der Waals surface area (Å²) in [5, 5.41) is 10.7. The van der Waals surface area contributed by atoms with Crippen LogP contribution in [0.25, 0.3) is 0 Å². The lowest BCUT2D eigenvalue weighted by molar-refractivity contribution is -0.384. The van der Waals surface area contributed by atoms with Gasteiger partial charge in [0.15, 0.2) is 0 Å². The first-order valence-electron chi connectivity index (χ1n) is 7.90. The Morgan fingerprint density at radius 3 is 2.62 bits per heavy atom. The molecule has 2 amide bonds. The smallest absolute Gasteiger partial charge is 0.270 e. The van der Waals surface area contributed by atoms with E-state index in [1.165, 1.54) is 18.2 Å². The van der Waals surface area contributed by atoms with E-state index in [-0.39, 0.29) is 24.3 Å². The number of hydrazine groups is 1. The van der Waals surface area contributed by atoms with Crippen molar-refractivity contribution in [2.75, 3.05) is 6.61 Å². The van der Waals surface area contributed by atoms with Crippen molar-refractivity contribution >= 4 is 17.5 Å². The molecular weight excluding hydrogens is 338 g/mol. The topological polar surface area (TPSA) is 111 Å². The first-order chi connectivity index (χ1) is 12.4. The Morgan fingerprint density at radius 2 is 1.88 bits per heavy atom. The number of non-ortho nitro benzene ring substituents is 1. The zero-order valence-electron chi connectivity index (χ0n) is 14.4. The molecule has 0 fully saturated rings. The van der Waals surface area contributed by atoms with E-state index in [1.807, 2.05) is 32.0 Å². The lowest BCUT2D eigenvalue weighted by atomic mass is 10.1. The summed E-state index contributed by atoms with van der Waals surface area (Å²) in [7, 11) is 0. The van der Waals surface area contributed by atoms with Crippen LogP contribution in [-0.2, 0) is 4.79 Å². The standard InChI is InChI=1S/C18H19N3O5/c1-12-6-7-13(2)16(10-12)26-9-8-17(22)19-20-18(23)14-4-3-5-15(11-14)21(24)25/h3-7,10-11H,8-9H2,1-2H3,(H,19,22)(H,20,23). The van der Waals surface area contributed by atoms with Crippen LogP contribution in [0.1, 0.15) is 27.9 Å². The fraction of sp³-hybridized carbons (Fsp3) is 0.222. The second-order valence-electron chi connectivity index (χ2n) is 5.68. The molecule has 8 nitrogen and oxygen atoms in total. The van der Waals surface area contributed by atoms with E-state index in [1.54, 1.807) is 0 Å². The van der Waals surface area contributed by atoms with Crippen LogP contribution in [0.15, 0.2) is 42.5 Å². The van der Waals surface area contributed by atoms with Gasteiger partial charge < -0.3 is 4.74 Å². The predicted molar refractivity (Wildman–Crippen MR) is 94.7 cm³/mol. The van der Waals surface area contributed by atoms with Gasteiger partial charge in [0.1, 0.15) is 5.75 Å². The lowest BCUT2D eigenvalue weighted by Crippen LogP contribution is -2.42. The molecule has 0 bridgehead atoms. The van der Waals surface area contributed by atoms with E-state index >= 15 is 0 Å². The molecule has 0 aliphatic carbocycles. The number of hydrogen-bond acceptors (Lipinski definition) is 5. The largest absolute Gasteiger partial charge is 0.493 e. The van der Waals surface area contributed by atoms with Crippen LogP contribution in [0.2, 0.25) is 0 Å². The molecule has 0 heterocycles. The van der Waals surface area contributed by atoms with Crippen molar-refractivity contribution in [1.29, 1.82) is 0 Å². The summed E-state index contributed by atoms with van der Waals surface area (Å²) >= 11 is 0. The molecule has 8 heteroatoms. The quantitative estimate of drug-likeness (QED) is 0.609. The Bertz CT molecular complexity index is 835. The van der Waals surface area contributed by atoms with Crippen LogP contribution in [0.5, 0.6) is 5.75 Å². The van der Waals surface area contributed by atoms with Crippen molar-refractivity contribution in [2.45, 2.75) is 20.3 Å². The van der Waals surface area contributed by atoms with Crippen molar-refractivity contribution in [3.63, 3.8) is 0 Å². The molecule has 0 aliphatic heterocycles. The Labute approximate surface area is 150 Å². The Morgan fingerprint density at radius 1 is 1.12 bits per heavy atom. The van der Waals surface area contributed by atoms with Gasteiger partial charge in [-0.3, -0.25) is 30.6 Å². The zero-order valence-corrected chi connectivity index (χ0v) is 14.4. The third-order valence-corrected chi connectivity index (χ3v) is 3.56. The number of amides is 2. The second kappa shape index (κ2) is 8.61. The van der Waals surface area contributed by atoms with Gasteiger partial charge >= 0.3 is 0 Å². The summed E-state index contributed by atoms with van der Waals surface area (Å²) in [6.45, 7) is 4.01. The lowest BCUT2D eigenvalue weighted by Gasteiger charge is -2.10. The van der Waals surface area contributed by atoms with Crippen LogP contribution >= 0.6 is 0 Å². The highest BCUT2D eigenvalue weighted by atomic mass is 16.6. The SMILES string of the molecule is Cc1ccc(C)c(OCCC(=O)NNC(=O)c2cccc([N+](=O)[O-])c2)c1. The molecule has 2 aromatic carbocycles. The van der Waals surface area contributed by atoms with Gasteiger partial charge in [0.05, 0.1) is 18.0 Å². The molecule has 136 valence electrons. The van der Waals surface area contributed by atoms with E-state index in [0.29, 0.717) is 5.75 Å². The Kier molecular flexibility index (Phi) is 6.26. The van der Waals surface area contributed by atoms with E-state index in [4.69, 9.17) is 4.74 Å². The number of rotatable bonds is 6. The van der Waals surface area contributed by atoms with Gasteiger partial charge in [-0.15, -0.1) is 0 Å². The minimum absolute atomic E-state index is 0.0442. The maximum Gasteiger partial charge on any atom is 0.270 e. The minimum Gasteiger partial charge on any atom is -0.493 e. The first-order valence-corrected chi connectivity index (χ1v) is 7.90. The number of hydrogen-bond donors (Lipinski definition) is 2. The van der Waals surface area contributed by atoms with Crippen molar-refractivity contribution in [2.24, 2.45) is 0 Å². The third kappa shape index (κ3) is 5.30. The summed E-state index contributed by atoms with van der Waals surface area (Å²) in [5.41, 5.74) is 6.37. The monoisotopic (exact) mass is 357 g/mol. The molecule has 0 unspecified atom stereocenters. The fourth-order valence-corrected chi connectivity index (χ4v) is 2.14. The average Bonchev–Trinajstić information content (AvgIpc) is 2.62. The number of nitrogens with zero attached hydrogens (tertiary/aromatic N) is 1. The van der Waals surface area contributed by atoms with Crippen LogP contribution in [0.4, 0.5) is 5.69 Å². The second-order valence-corrected chi connectivity index (χ2v) is 5.68. The van der Waals surface area contributed by atoms with Gasteiger partial charge in [-0.1, -0.05) is 18.2 Å². The highest BCUT2D eigenvalue weighted by Gasteiger charge is 2.12. The van der Waals surface area contributed by atoms with E-state index in [0.717, 1.165) is 17.2 Å². The van der Waals surface area contributed by atoms with Crippen LogP contribution in [0.3, 0.4) is 0 Å². The predicted octanol–water partition coefficient (Wildman–Crippen LogP) is 2.44. The molecule has 2 rings (SSSR count). The van der Waals surface area contributed by atoms with Crippen molar-refractivity contribution < 1.29 is 19.2 Å². The molecule has 0 saturated carbocycles. The number of nitro groups is 1. The molecule has 0 radical (unpaired) electrons. The molecule has 0 saturated heterocycles. The summed E-state index contributed by atoms with van der Waals surface area (Å²) in [6.07, 6.45) is 0.0442. The average molecular weight is 357 g/mol. The number of carbonyl (C=O) groups excluding carboxylic acids is 2. The van der Waals surface area contributed by atoms with Gasteiger partial charge in [0, 0.05) is 17.7 Å². The highest BCUT2D eigenvalue weighted by molar-refractivity contribution is 5.95. The van der Waals surface area contributed by atoms with Crippen molar-refractivity contribution in [3.8, 4) is 5.75 Å². The van der Waals surface area contributed by atoms with Gasteiger partial charge in [0.2, 0.25) is 5.91 Å². The van der Waals surface area contributed by atoms with Crippen molar-refractivity contribution in [3.05, 3.63) is 69.3 Å². The molecule has 2 N–H and O–H groups in total. The van der Waals surface area contributed by atoms with E-state index in [9.17, 15) is 19.7 Å². The first kappa shape index (κ1) is 18.9. The molecule has 0 aromatic heterocycles. The highest BCUT2D eigenvalue weighted by Crippen LogP contribution is 2.19. The summed E-state index contributed by atoms with van der Waals surface area (Å²) < 4.78 is 5.57. The van der Waals surface area contributed by atoms with E-state index in [2.05, 4.69) is 10.9 Å². The van der Waals surface area contributed by atoms with Crippen LogP contribution in [-0.4, -0.2) is 23.3 Å². The summed E-state index contributed by atoms with van der Waals surface area (Å²) in [6, 6.07) is 11.0. The molecular formula is C18H19N3O5. The maximum absolute atomic E-state index is 11.9. The zero-order chi connectivity index (χ0) is 19.1. The molecule has 26 heavy (non-hydrogen) atoms. The molecule has 0 atom stereocenters. The van der Waals surface area contributed by atoms with Gasteiger partial charge in [-0.05, 0) is 37.1 Å². The number of nitro benzene ring substituents is 1. The van der Waals surface area contributed by atoms with Crippen LogP contribution in [0, 0.1) is 24.0 Å². The molecule has 0 aliphatic rings. The normalized spacial score (nSPS) is 10.1. The number of carbonyl (C=O) groups is 2. The van der Waals surface area contributed by atoms with Gasteiger partial charge in [-0.25, -0.2) is 0 Å².